The monoisotopic (exact) mass is 234 g/mol. The molecule has 2 rings (SSSR count). The van der Waals surface area contributed by atoms with Gasteiger partial charge in [0.1, 0.15) is 5.75 Å². The number of rotatable bonds is 4. The molecule has 0 aromatic heterocycles. The summed E-state index contributed by atoms with van der Waals surface area (Å²) in [7, 11) is 0. The molecule has 0 heterocycles. The van der Waals surface area contributed by atoms with Crippen molar-refractivity contribution in [2.24, 2.45) is 0 Å². The number of benzene rings is 1. The molecule has 0 aliphatic heterocycles. The molecule has 0 radical (unpaired) electrons. The standard InChI is InChI=1S/C14H18O3/c1-3-17-12-6-5-10(2)9-11(12)14(13(15)16)7-4-8-14/h5-6,9H,3-4,7-8H2,1-2H3,(H,15,16). The quantitative estimate of drug-likeness (QED) is 0.871. The molecule has 0 bridgehead atoms. The van der Waals surface area contributed by atoms with E-state index in [-0.39, 0.29) is 0 Å². The van der Waals surface area contributed by atoms with Gasteiger partial charge in [0, 0.05) is 5.56 Å². The van der Waals surface area contributed by atoms with Crippen LogP contribution >= 0.6 is 0 Å². The summed E-state index contributed by atoms with van der Waals surface area (Å²) >= 11 is 0. The van der Waals surface area contributed by atoms with E-state index in [2.05, 4.69) is 0 Å². The van der Waals surface area contributed by atoms with E-state index in [1.807, 2.05) is 32.0 Å². The molecule has 1 fully saturated rings. The van der Waals surface area contributed by atoms with Gasteiger partial charge >= 0.3 is 5.97 Å². The Morgan fingerprint density at radius 2 is 2.18 bits per heavy atom. The van der Waals surface area contributed by atoms with E-state index in [9.17, 15) is 9.90 Å². The number of carboxylic acids is 1. The first-order valence-electron chi connectivity index (χ1n) is 6.07. The van der Waals surface area contributed by atoms with Gasteiger partial charge in [-0.05, 0) is 32.8 Å². The van der Waals surface area contributed by atoms with Gasteiger partial charge in [-0.2, -0.15) is 0 Å². The predicted molar refractivity (Wildman–Crippen MR) is 65.5 cm³/mol. The highest BCUT2D eigenvalue weighted by molar-refractivity contribution is 5.83. The van der Waals surface area contributed by atoms with E-state index in [0.717, 1.165) is 23.3 Å². The Hall–Kier alpha value is -1.51. The van der Waals surface area contributed by atoms with Gasteiger partial charge in [-0.15, -0.1) is 0 Å². The lowest BCUT2D eigenvalue weighted by atomic mass is 9.64. The number of aryl methyl sites for hydroxylation is 1. The van der Waals surface area contributed by atoms with E-state index < -0.39 is 11.4 Å². The molecule has 1 aromatic carbocycles. The van der Waals surface area contributed by atoms with E-state index in [4.69, 9.17) is 4.74 Å². The summed E-state index contributed by atoms with van der Waals surface area (Å²) in [4.78, 5) is 11.5. The van der Waals surface area contributed by atoms with Crippen LogP contribution in [0.25, 0.3) is 0 Å². The zero-order valence-electron chi connectivity index (χ0n) is 10.3. The smallest absolute Gasteiger partial charge is 0.314 e. The summed E-state index contributed by atoms with van der Waals surface area (Å²) in [6.45, 7) is 4.46. The number of carbonyl (C=O) groups is 1. The first-order chi connectivity index (χ1) is 8.10. The maximum atomic E-state index is 11.5. The Kier molecular flexibility index (Phi) is 3.09. The molecule has 1 saturated carbocycles. The first kappa shape index (κ1) is 12.0. The van der Waals surface area contributed by atoms with E-state index in [1.54, 1.807) is 0 Å². The van der Waals surface area contributed by atoms with Crippen LogP contribution in [-0.4, -0.2) is 17.7 Å². The van der Waals surface area contributed by atoms with Crippen LogP contribution in [0.4, 0.5) is 0 Å². The molecular weight excluding hydrogens is 216 g/mol. The summed E-state index contributed by atoms with van der Waals surface area (Å²) in [6.07, 6.45) is 2.41. The third kappa shape index (κ3) is 1.90. The number of aliphatic carboxylic acids is 1. The highest BCUT2D eigenvalue weighted by Gasteiger charge is 2.47. The van der Waals surface area contributed by atoms with Crippen molar-refractivity contribution in [3.63, 3.8) is 0 Å². The largest absolute Gasteiger partial charge is 0.494 e. The van der Waals surface area contributed by atoms with Gasteiger partial charge in [-0.25, -0.2) is 0 Å². The Labute approximate surface area is 101 Å². The third-order valence-electron chi connectivity index (χ3n) is 3.57. The molecule has 0 amide bonds. The molecule has 1 N–H and O–H groups in total. The number of ether oxygens (including phenoxy) is 1. The second-order valence-corrected chi connectivity index (χ2v) is 4.67. The summed E-state index contributed by atoms with van der Waals surface area (Å²) in [6, 6.07) is 5.80. The summed E-state index contributed by atoms with van der Waals surface area (Å²) in [5.41, 5.74) is 1.21. The third-order valence-corrected chi connectivity index (χ3v) is 3.57. The van der Waals surface area contributed by atoms with Crippen molar-refractivity contribution in [3.8, 4) is 5.75 Å². The molecule has 92 valence electrons. The van der Waals surface area contributed by atoms with Gasteiger partial charge in [-0.1, -0.05) is 24.1 Å². The van der Waals surface area contributed by atoms with Crippen molar-refractivity contribution < 1.29 is 14.6 Å². The summed E-state index contributed by atoms with van der Waals surface area (Å²) < 4.78 is 5.56. The molecule has 0 saturated heterocycles. The fraction of sp³-hybridized carbons (Fsp3) is 0.500. The van der Waals surface area contributed by atoms with Crippen LogP contribution < -0.4 is 4.74 Å². The van der Waals surface area contributed by atoms with Crippen molar-refractivity contribution in [1.82, 2.24) is 0 Å². The van der Waals surface area contributed by atoms with Gasteiger partial charge < -0.3 is 9.84 Å². The molecule has 3 heteroatoms. The van der Waals surface area contributed by atoms with Gasteiger partial charge in [0.2, 0.25) is 0 Å². The molecule has 3 nitrogen and oxygen atoms in total. The molecule has 0 atom stereocenters. The van der Waals surface area contributed by atoms with Crippen molar-refractivity contribution in [2.75, 3.05) is 6.61 Å². The van der Waals surface area contributed by atoms with E-state index in [0.29, 0.717) is 19.4 Å². The second-order valence-electron chi connectivity index (χ2n) is 4.67. The van der Waals surface area contributed by atoms with Crippen LogP contribution in [0.3, 0.4) is 0 Å². The lowest BCUT2D eigenvalue weighted by Crippen LogP contribution is -2.42. The Morgan fingerprint density at radius 3 is 2.65 bits per heavy atom. The minimum absolute atomic E-state index is 0.561. The highest BCUT2D eigenvalue weighted by atomic mass is 16.5. The minimum Gasteiger partial charge on any atom is -0.494 e. The number of hydrogen-bond donors (Lipinski definition) is 1. The maximum Gasteiger partial charge on any atom is 0.314 e. The van der Waals surface area contributed by atoms with Gasteiger partial charge in [0.05, 0.1) is 12.0 Å². The van der Waals surface area contributed by atoms with Crippen LogP contribution in [0.5, 0.6) is 5.75 Å². The minimum atomic E-state index is -0.727. The van der Waals surface area contributed by atoms with Crippen LogP contribution in [0.2, 0.25) is 0 Å². The summed E-state index contributed by atoms with van der Waals surface area (Å²) in [5.74, 6) is -0.00416. The maximum absolute atomic E-state index is 11.5. The average Bonchev–Trinajstić information content (AvgIpc) is 2.20. The second kappa shape index (κ2) is 4.40. The van der Waals surface area contributed by atoms with Crippen molar-refractivity contribution >= 4 is 5.97 Å². The fourth-order valence-electron chi connectivity index (χ4n) is 2.43. The molecule has 0 unspecified atom stereocenters. The average molecular weight is 234 g/mol. The highest BCUT2D eigenvalue weighted by Crippen LogP contribution is 2.47. The summed E-state index contributed by atoms with van der Waals surface area (Å²) in [5, 5.41) is 9.47. The Balaban J connectivity index is 2.48. The molecule has 1 aliphatic rings. The molecule has 0 spiro atoms. The molecule has 1 aliphatic carbocycles. The van der Waals surface area contributed by atoms with Crippen LogP contribution in [0, 0.1) is 6.92 Å². The molecule has 1 aromatic rings. The van der Waals surface area contributed by atoms with Crippen molar-refractivity contribution in [2.45, 2.75) is 38.5 Å². The van der Waals surface area contributed by atoms with Crippen LogP contribution in [0.1, 0.15) is 37.3 Å². The van der Waals surface area contributed by atoms with E-state index in [1.165, 1.54) is 0 Å². The Bertz CT molecular complexity index is 433. The lowest BCUT2D eigenvalue weighted by molar-refractivity contribution is -0.147. The van der Waals surface area contributed by atoms with Gasteiger partial charge in [-0.3, -0.25) is 4.79 Å². The first-order valence-corrected chi connectivity index (χ1v) is 6.07. The van der Waals surface area contributed by atoms with Crippen molar-refractivity contribution in [1.29, 1.82) is 0 Å². The van der Waals surface area contributed by atoms with Gasteiger partial charge in [0.25, 0.3) is 0 Å². The van der Waals surface area contributed by atoms with Crippen LogP contribution in [-0.2, 0) is 10.2 Å². The zero-order valence-corrected chi connectivity index (χ0v) is 10.3. The zero-order chi connectivity index (χ0) is 12.5. The fourth-order valence-corrected chi connectivity index (χ4v) is 2.43. The van der Waals surface area contributed by atoms with E-state index >= 15 is 0 Å². The Morgan fingerprint density at radius 1 is 1.47 bits per heavy atom. The SMILES string of the molecule is CCOc1ccc(C)cc1C1(C(=O)O)CCC1. The number of hydrogen-bond acceptors (Lipinski definition) is 2. The predicted octanol–water partition coefficient (Wildman–Crippen LogP) is 2.90. The van der Waals surface area contributed by atoms with Crippen molar-refractivity contribution in [3.05, 3.63) is 29.3 Å². The normalized spacial score (nSPS) is 17.3. The molecule has 17 heavy (non-hydrogen) atoms. The van der Waals surface area contributed by atoms with Gasteiger partial charge in [0.15, 0.2) is 0 Å². The lowest BCUT2D eigenvalue weighted by Gasteiger charge is -2.39. The topological polar surface area (TPSA) is 46.5 Å². The van der Waals surface area contributed by atoms with Crippen LogP contribution in [0.15, 0.2) is 18.2 Å². The number of carboxylic acid groups (broad SMARTS) is 1. The molecular formula is C14H18O3.